The third kappa shape index (κ3) is 3.68. The van der Waals surface area contributed by atoms with Gasteiger partial charge < -0.3 is 10.6 Å². The van der Waals surface area contributed by atoms with Crippen LogP contribution in [0.5, 0.6) is 0 Å². The van der Waals surface area contributed by atoms with Crippen LogP contribution in [-0.4, -0.2) is 54.5 Å². The lowest BCUT2D eigenvalue weighted by atomic mass is 10.1. The van der Waals surface area contributed by atoms with Crippen molar-refractivity contribution < 1.29 is 4.79 Å². The summed E-state index contributed by atoms with van der Waals surface area (Å²) in [5.41, 5.74) is 5.78. The highest BCUT2D eigenvalue weighted by molar-refractivity contribution is 5.82. The number of amides is 1. The molecule has 2 atom stereocenters. The van der Waals surface area contributed by atoms with E-state index in [4.69, 9.17) is 5.73 Å². The second kappa shape index (κ2) is 6.36. The van der Waals surface area contributed by atoms with Gasteiger partial charge in [-0.15, -0.1) is 0 Å². The van der Waals surface area contributed by atoms with Crippen molar-refractivity contribution in [1.82, 2.24) is 9.80 Å². The highest BCUT2D eigenvalue weighted by atomic mass is 16.2. The van der Waals surface area contributed by atoms with Crippen LogP contribution in [0.2, 0.25) is 0 Å². The molecule has 2 N–H and O–H groups in total. The second-order valence-corrected chi connectivity index (χ2v) is 5.56. The minimum atomic E-state index is -0.122. The highest BCUT2D eigenvalue weighted by Gasteiger charge is 2.32. The molecule has 2 unspecified atom stereocenters. The average Bonchev–Trinajstić information content (AvgIpc) is 2.38. The van der Waals surface area contributed by atoms with Gasteiger partial charge in [0.2, 0.25) is 5.91 Å². The van der Waals surface area contributed by atoms with Crippen LogP contribution in [0.4, 0.5) is 0 Å². The van der Waals surface area contributed by atoms with Crippen molar-refractivity contribution in [2.75, 3.05) is 26.7 Å². The maximum absolute atomic E-state index is 12.2. The lowest BCUT2D eigenvalue weighted by Gasteiger charge is -2.29. The summed E-state index contributed by atoms with van der Waals surface area (Å²) in [6, 6.07) is 0.198. The molecule has 1 saturated heterocycles. The first-order valence-electron chi connectivity index (χ1n) is 6.68. The van der Waals surface area contributed by atoms with Crippen LogP contribution >= 0.6 is 0 Å². The summed E-state index contributed by atoms with van der Waals surface area (Å²) in [6.45, 7) is 8.92. The standard InChI is InChI=1S/C13H27N3O/c1-10(2)5-7-16-8-6-11(3)15(4)13(17)12(16)9-14/h10-12H,5-9,14H2,1-4H3. The van der Waals surface area contributed by atoms with E-state index in [1.807, 2.05) is 11.9 Å². The molecule has 0 aliphatic carbocycles. The number of nitrogens with zero attached hydrogens (tertiary/aromatic N) is 2. The number of hydrogen-bond donors (Lipinski definition) is 1. The van der Waals surface area contributed by atoms with E-state index in [2.05, 4.69) is 25.7 Å². The Labute approximate surface area is 105 Å². The summed E-state index contributed by atoms with van der Waals surface area (Å²) in [5.74, 6) is 0.850. The lowest BCUT2D eigenvalue weighted by Crippen LogP contribution is -2.50. The number of rotatable bonds is 4. The fourth-order valence-corrected chi connectivity index (χ4v) is 2.25. The summed E-state index contributed by atoms with van der Waals surface area (Å²) in [5, 5.41) is 0. The second-order valence-electron chi connectivity index (χ2n) is 5.56. The summed E-state index contributed by atoms with van der Waals surface area (Å²) in [6.07, 6.45) is 2.17. The Bertz CT molecular complexity index is 253. The first kappa shape index (κ1) is 14.5. The monoisotopic (exact) mass is 241 g/mol. The number of carbonyl (C=O) groups excluding carboxylic acids is 1. The zero-order chi connectivity index (χ0) is 13.0. The van der Waals surface area contributed by atoms with Gasteiger partial charge in [-0.3, -0.25) is 9.69 Å². The van der Waals surface area contributed by atoms with E-state index in [-0.39, 0.29) is 11.9 Å². The number of likely N-dealkylation sites (N-methyl/N-ethyl adjacent to an activating group) is 1. The molecular weight excluding hydrogens is 214 g/mol. The van der Waals surface area contributed by atoms with Gasteiger partial charge >= 0.3 is 0 Å². The van der Waals surface area contributed by atoms with Gasteiger partial charge in [0.05, 0.1) is 0 Å². The Morgan fingerprint density at radius 3 is 2.65 bits per heavy atom. The van der Waals surface area contributed by atoms with E-state index in [1.54, 1.807) is 0 Å². The van der Waals surface area contributed by atoms with E-state index in [0.29, 0.717) is 18.5 Å². The molecule has 0 aromatic carbocycles. The van der Waals surface area contributed by atoms with Gasteiger partial charge in [-0.2, -0.15) is 0 Å². The van der Waals surface area contributed by atoms with Crippen LogP contribution in [0.25, 0.3) is 0 Å². The maximum Gasteiger partial charge on any atom is 0.241 e. The molecule has 17 heavy (non-hydrogen) atoms. The minimum absolute atomic E-state index is 0.122. The molecule has 0 aromatic rings. The smallest absolute Gasteiger partial charge is 0.241 e. The molecular formula is C13H27N3O. The summed E-state index contributed by atoms with van der Waals surface area (Å²) in [4.78, 5) is 16.4. The lowest BCUT2D eigenvalue weighted by molar-refractivity contribution is -0.135. The zero-order valence-corrected chi connectivity index (χ0v) is 11.6. The molecule has 0 saturated carbocycles. The fraction of sp³-hybridized carbons (Fsp3) is 0.923. The Kier molecular flexibility index (Phi) is 5.40. The van der Waals surface area contributed by atoms with Crippen LogP contribution in [0, 0.1) is 5.92 Å². The van der Waals surface area contributed by atoms with Gasteiger partial charge in [0.1, 0.15) is 6.04 Å². The molecule has 0 spiro atoms. The highest BCUT2D eigenvalue weighted by Crippen LogP contribution is 2.16. The average molecular weight is 241 g/mol. The molecule has 1 aliphatic rings. The molecule has 0 radical (unpaired) electrons. The third-order valence-corrected chi connectivity index (χ3v) is 3.79. The Morgan fingerprint density at radius 2 is 2.12 bits per heavy atom. The third-order valence-electron chi connectivity index (χ3n) is 3.79. The van der Waals surface area contributed by atoms with Crippen molar-refractivity contribution >= 4 is 5.91 Å². The van der Waals surface area contributed by atoms with E-state index < -0.39 is 0 Å². The molecule has 1 heterocycles. The predicted molar refractivity (Wildman–Crippen MR) is 70.7 cm³/mol. The number of carbonyl (C=O) groups is 1. The Morgan fingerprint density at radius 1 is 1.47 bits per heavy atom. The summed E-state index contributed by atoms with van der Waals surface area (Å²) >= 11 is 0. The van der Waals surface area contributed by atoms with Gasteiger partial charge in [0, 0.05) is 26.2 Å². The van der Waals surface area contributed by atoms with Crippen molar-refractivity contribution in [2.24, 2.45) is 11.7 Å². The van der Waals surface area contributed by atoms with Gasteiger partial charge in [-0.1, -0.05) is 13.8 Å². The predicted octanol–water partition coefficient (Wildman–Crippen LogP) is 0.912. The van der Waals surface area contributed by atoms with Crippen LogP contribution in [-0.2, 0) is 4.79 Å². The number of nitrogens with two attached hydrogens (primary N) is 1. The molecule has 1 aliphatic heterocycles. The Hall–Kier alpha value is -0.610. The van der Waals surface area contributed by atoms with Gasteiger partial charge in [0.15, 0.2) is 0 Å². The summed E-state index contributed by atoms with van der Waals surface area (Å²) in [7, 11) is 1.89. The van der Waals surface area contributed by atoms with Crippen LogP contribution in [0.3, 0.4) is 0 Å². The zero-order valence-electron chi connectivity index (χ0n) is 11.6. The summed E-state index contributed by atoms with van der Waals surface area (Å²) < 4.78 is 0. The van der Waals surface area contributed by atoms with E-state index in [9.17, 15) is 4.79 Å². The van der Waals surface area contributed by atoms with Crippen molar-refractivity contribution in [3.63, 3.8) is 0 Å². The van der Waals surface area contributed by atoms with E-state index in [0.717, 1.165) is 25.9 Å². The number of hydrogen-bond acceptors (Lipinski definition) is 3. The normalized spacial score (nSPS) is 27.6. The molecule has 4 nitrogen and oxygen atoms in total. The minimum Gasteiger partial charge on any atom is -0.342 e. The molecule has 1 amide bonds. The molecule has 4 heteroatoms. The van der Waals surface area contributed by atoms with Crippen LogP contribution in [0.1, 0.15) is 33.6 Å². The maximum atomic E-state index is 12.2. The fourth-order valence-electron chi connectivity index (χ4n) is 2.25. The largest absolute Gasteiger partial charge is 0.342 e. The van der Waals surface area contributed by atoms with Gasteiger partial charge in [0.25, 0.3) is 0 Å². The SMILES string of the molecule is CC(C)CCN1CCC(C)N(C)C(=O)C1CN. The van der Waals surface area contributed by atoms with Gasteiger partial charge in [-0.05, 0) is 32.2 Å². The Balaban J connectivity index is 2.71. The first-order chi connectivity index (χ1) is 7.97. The van der Waals surface area contributed by atoms with E-state index >= 15 is 0 Å². The molecule has 1 fully saturated rings. The molecule has 1 rings (SSSR count). The van der Waals surface area contributed by atoms with Crippen LogP contribution in [0.15, 0.2) is 0 Å². The van der Waals surface area contributed by atoms with E-state index in [1.165, 1.54) is 0 Å². The van der Waals surface area contributed by atoms with Crippen molar-refractivity contribution in [2.45, 2.75) is 45.7 Å². The first-order valence-corrected chi connectivity index (χ1v) is 6.68. The van der Waals surface area contributed by atoms with Crippen molar-refractivity contribution in [3.8, 4) is 0 Å². The van der Waals surface area contributed by atoms with Crippen LogP contribution < -0.4 is 5.73 Å². The van der Waals surface area contributed by atoms with Crippen molar-refractivity contribution in [3.05, 3.63) is 0 Å². The molecule has 0 bridgehead atoms. The molecule has 0 aromatic heterocycles. The van der Waals surface area contributed by atoms with Gasteiger partial charge in [-0.25, -0.2) is 0 Å². The quantitative estimate of drug-likeness (QED) is 0.796. The topological polar surface area (TPSA) is 49.6 Å². The van der Waals surface area contributed by atoms with Crippen molar-refractivity contribution in [1.29, 1.82) is 0 Å². The molecule has 100 valence electrons.